The van der Waals surface area contributed by atoms with Crippen molar-refractivity contribution in [2.75, 3.05) is 0 Å². The number of fused-ring (bicyclic) bond motifs is 3. The predicted octanol–water partition coefficient (Wildman–Crippen LogP) is 5.56. The van der Waals surface area contributed by atoms with Crippen molar-refractivity contribution in [2.45, 2.75) is 38.0 Å². The lowest BCUT2D eigenvalue weighted by Crippen LogP contribution is -2.28. The molecule has 1 heterocycles. The molecule has 27 heavy (non-hydrogen) atoms. The van der Waals surface area contributed by atoms with Crippen LogP contribution in [0.4, 0.5) is 13.2 Å². The van der Waals surface area contributed by atoms with Gasteiger partial charge in [-0.15, -0.1) is 0 Å². The molecule has 1 aromatic carbocycles. The van der Waals surface area contributed by atoms with Gasteiger partial charge in [-0.05, 0) is 55.4 Å². The fraction of sp³-hybridized carbons (Fsp3) is 0.409. The van der Waals surface area contributed by atoms with E-state index in [1.807, 2.05) is 0 Å². The topological polar surface area (TPSA) is 26.3 Å². The Morgan fingerprint density at radius 1 is 1.07 bits per heavy atom. The van der Waals surface area contributed by atoms with Crippen LogP contribution in [0.2, 0.25) is 0 Å². The number of alkyl halides is 3. The van der Waals surface area contributed by atoms with E-state index in [4.69, 9.17) is 4.74 Å². The lowest BCUT2D eigenvalue weighted by Gasteiger charge is -2.26. The van der Waals surface area contributed by atoms with Gasteiger partial charge in [0.2, 0.25) is 0 Å². The zero-order valence-electron chi connectivity index (χ0n) is 14.9. The van der Waals surface area contributed by atoms with E-state index in [9.17, 15) is 18.0 Å². The Labute approximate surface area is 156 Å². The number of allylic oxidation sites excluding steroid dienone is 1. The van der Waals surface area contributed by atoms with Gasteiger partial charge in [0.05, 0.1) is 5.56 Å². The van der Waals surface area contributed by atoms with Crippen LogP contribution in [0.1, 0.15) is 36.8 Å². The number of carbonyl (C=O) groups excluding carboxylic acids is 1. The number of halogens is 3. The number of rotatable bonds is 1. The van der Waals surface area contributed by atoms with Crippen LogP contribution in [-0.2, 0) is 15.7 Å². The number of hydrogen-bond donors (Lipinski definition) is 0. The minimum Gasteiger partial charge on any atom is -0.458 e. The zero-order valence-corrected chi connectivity index (χ0v) is 14.9. The average Bonchev–Trinajstić information content (AvgIpc) is 3.08. The number of carbonyl (C=O) groups is 1. The predicted molar refractivity (Wildman–Crippen MR) is 96.5 cm³/mol. The van der Waals surface area contributed by atoms with Crippen molar-refractivity contribution in [1.82, 2.24) is 0 Å². The summed E-state index contributed by atoms with van der Waals surface area (Å²) in [5.74, 6) is -0.198. The summed E-state index contributed by atoms with van der Waals surface area (Å²) in [4.78, 5) is 12.6. The first-order chi connectivity index (χ1) is 12.8. The SMILES string of the molecule is C=C1CC[C@H]2C(=C)CC[C@H]3/C(=C/c4cccc(C(F)(F)F)c4)C(=O)O[C@@H]3[C@@H]12. The maximum absolute atomic E-state index is 13.0. The van der Waals surface area contributed by atoms with Gasteiger partial charge >= 0.3 is 12.1 Å². The van der Waals surface area contributed by atoms with Crippen molar-refractivity contribution in [3.05, 3.63) is 65.3 Å². The minimum absolute atomic E-state index is 0.0707. The van der Waals surface area contributed by atoms with E-state index in [1.54, 1.807) is 12.1 Å². The largest absolute Gasteiger partial charge is 0.458 e. The van der Waals surface area contributed by atoms with Crippen LogP contribution in [0.5, 0.6) is 0 Å². The highest BCUT2D eigenvalue weighted by molar-refractivity contribution is 5.96. The van der Waals surface area contributed by atoms with Gasteiger partial charge in [-0.2, -0.15) is 13.2 Å². The first-order valence-corrected chi connectivity index (χ1v) is 9.21. The Morgan fingerprint density at radius 3 is 2.52 bits per heavy atom. The van der Waals surface area contributed by atoms with Gasteiger partial charge in [0.25, 0.3) is 0 Å². The summed E-state index contributed by atoms with van der Waals surface area (Å²) in [6.45, 7) is 8.39. The molecule has 0 N–H and O–H groups in total. The van der Waals surface area contributed by atoms with Gasteiger partial charge in [-0.25, -0.2) is 4.79 Å². The van der Waals surface area contributed by atoms with E-state index in [2.05, 4.69) is 13.2 Å². The van der Waals surface area contributed by atoms with Crippen LogP contribution in [0.3, 0.4) is 0 Å². The summed E-state index contributed by atoms with van der Waals surface area (Å²) in [6, 6.07) is 5.04. The fourth-order valence-electron chi connectivity index (χ4n) is 4.81. The molecular weight excluding hydrogens is 353 g/mol. The van der Waals surface area contributed by atoms with Crippen molar-refractivity contribution in [3.8, 4) is 0 Å². The van der Waals surface area contributed by atoms with Crippen LogP contribution in [0.25, 0.3) is 6.08 Å². The zero-order chi connectivity index (χ0) is 19.3. The molecule has 0 aromatic heterocycles. The molecule has 2 aliphatic carbocycles. The number of benzene rings is 1. The molecular formula is C22H21F3O2. The standard InChI is InChI=1S/C22H21F3O2/c1-12-6-9-17-18(11-14-4-3-5-15(10-14)22(23,24)25)21(26)27-20(17)19-13(2)7-8-16(12)19/h3-5,10-11,16-17,19-20H,1-2,6-9H2/b18-11-/t16-,17-,19-,20-/m0/s1. The van der Waals surface area contributed by atoms with E-state index in [-0.39, 0.29) is 23.9 Å². The molecule has 2 saturated carbocycles. The van der Waals surface area contributed by atoms with E-state index in [0.29, 0.717) is 11.1 Å². The second-order valence-corrected chi connectivity index (χ2v) is 7.73. The van der Waals surface area contributed by atoms with Gasteiger partial charge in [0.1, 0.15) is 6.10 Å². The summed E-state index contributed by atoms with van der Waals surface area (Å²) in [6.07, 6.45) is 0.267. The van der Waals surface area contributed by atoms with Crippen LogP contribution < -0.4 is 0 Å². The van der Waals surface area contributed by atoms with Gasteiger partial charge in [0, 0.05) is 17.4 Å². The van der Waals surface area contributed by atoms with Crippen molar-refractivity contribution < 1.29 is 22.7 Å². The fourth-order valence-corrected chi connectivity index (χ4v) is 4.81. The van der Waals surface area contributed by atoms with Crippen molar-refractivity contribution in [1.29, 1.82) is 0 Å². The highest BCUT2D eigenvalue weighted by Gasteiger charge is 2.51. The molecule has 1 saturated heterocycles. The van der Waals surface area contributed by atoms with E-state index in [0.717, 1.165) is 43.4 Å². The molecule has 4 rings (SSSR count). The lowest BCUT2D eigenvalue weighted by molar-refractivity contribution is -0.141. The summed E-state index contributed by atoms with van der Waals surface area (Å²) in [7, 11) is 0. The summed E-state index contributed by atoms with van der Waals surface area (Å²) >= 11 is 0. The third-order valence-electron chi connectivity index (χ3n) is 6.15. The molecule has 0 amide bonds. The Morgan fingerprint density at radius 2 is 1.78 bits per heavy atom. The molecule has 2 nitrogen and oxygen atoms in total. The molecule has 0 unspecified atom stereocenters. The molecule has 1 aromatic rings. The quantitative estimate of drug-likeness (QED) is 0.365. The van der Waals surface area contributed by atoms with E-state index < -0.39 is 17.7 Å². The second kappa shape index (κ2) is 6.39. The molecule has 1 aliphatic heterocycles. The first kappa shape index (κ1) is 18.1. The molecule has 0 spiro atoms. The molecule has 4 atom stereocenters. The third-order valence-corrected chi connectivity index (χ3v) is 6.15. The molecule has 0 bridgehead atoms. The smallest absolute Gasteiger partial charge is 0.416 e. The summed E-state index contributed by atoms with van der Waals surface area (Å²) < 4.78 is 44.7. The Hall–Kier alpha value is -2.30. The van der Waals surface area contributed by atoms with E-state index >= 15 is 0 Å². The van der Waals surface area contributed by atoms with Crippen LogP contribution in [-0.4, -0.2) is 12.1 Å². The summed E-state index contributed by atoms with van der Waals surface area (Å²) in [5, 5.41) is 0. The van der Waals surface area contributed by atoms with E-state index in [1.165, 1.54) is 11.6 Å². The molecule has 142 valence electrons. The van der Waals surface area contributed by atoms with Crippen LogP contribution in [0, 0.1) is 17.8 Å². The van der Waals surface area contributed by atoms with Gasteiger partial charge < -0.3 is 4.74 Å². The number of hydrogen-bond acceptors (Lipinski definition) is 2. The van der Waals surface area contributed by atoms with Gasteiger partial charge in [-0.3, -0.25) is 0 Å². The number of ether oxygens (including phenoxy) is 1. The highest BCUT2D eigenvalue weighted by atomic mass is 19.4. The monoisotopic (exact) mass is 374 g/mol. The summed E-state index contributed by atoms with van der Waals surface area (Å²) in [5.41, 5.74) is 2.36. The van der Waals surface area contributed by atoms with Crippen LogP contribution >= 0.6 is 0 Å². The Balaban J connectivity index is 1.70. The van der Waals surface area contributed by atoms with Gasteiger partial charge in [0.15, 0.2) is 0 Å². The Kier molecular flexibility index (Phi) is 4.28. The number of esters is 1. The van der Waals surface area contributed by atoms with Crippen molar-refractivity contribution in [2.24, 2.45) is 17.8 Å². The maximum Gasteiger partial charge on any atom is 0.416 e. The lowest BCUT2D eigenvalue weighted by atomic mass is 9.81. The molecule has 0 radical (unpaired) electrons. The minimum atomic E-state index is -4.41. The second-order valence-electron chi connectivity index (χ2n) is 7.73. The molecule has 3 aliphatic rings. The molecule has 5 heteroatoms. The average molecular weight is 374 g/mol. The third kappa shape index (κ3) is 3.13. The normalized spacial score (nSPS) is 32.3. The Bertz CT molecular complexity index is 849. The van der Waals surface area contributed by atoms with Crippen molar-refractivity contribution >= 4 is 12.0 Å². The molecule has 3 fully saturated rings. The highest BCUT2D eigenvalue weighted by Crippen LogP contribution is 2.52. The maximum atomic E-state index is 13.0. The van der Waals surface area contributed by atoms with Crippen LogP contribution in [0.15, 0.2) is 54.1 Å². The van der Waals surface area contributed by atoms with Gasteiger partial charge in [-0.1, -0.05) is 36.4 Å². The first-order valence-electron chi connectivity index (χ1n) is 9.21. The van der Waals surface area contributed by atoms with Crippen molar-refractivity contribution in [3.63, 3.8) is 0 Å².